The predicted octanol–water partition coefficient (Wildman–Crippen LogP) is 2.94. The summed E-state index contributed by atoms with van der Waals surface area (Å²) in [6.45, 7) is 10.8. The molecule has 0 aliphatic heterocycles. The van der Waals surface area contributed by atoms with Gasteiger partial charge < -0.3 is 15.1 Å². The Balaban J connectivity index is 1.69. The Hall–Kier alpha value is -1.24. The lowest BCUT2D eigenvalue weighted by atomic mass is 9.40. The lowest BCUT2D eigenvalue weighted by molar-refractivity contribution is -0.212. The smallest absolute Gasteiger partial charge is 0.185 e. The number of hydrogen-bond acceptors (Lipinski definition) is 6. The average molecular weight is 417 g/mol. The normalized spacial score (nSPS) is 44.9. The fourth-order valence-corrected chi connectivity index (χ4v) is 9.13. The Morgan fingerprint density at radius 3 is 2.52 bits per heavy atom. The minimum atomic E-state index is -1.08. The number of fused-ring (bicyclic) bond motifs is 4. The quantitative estimate of drug-likeness (QED) is 0.689. The van der Waals surface area contributed by atoms with Crippen molar-refractivity contribution in [1.82, 2.24) is 4.98 Å². The number of anilines is 1. The van der Waals surface area contributed by atoms with E-state index >= 15 is 0 Å². The van der Waals surface area contributed by atoms with Gasteiger partial charge in [-0.25, -0.2) is 4.98 Å². The summed E-state index contributed by atoms with van der Waals surface area (Å²) < 4.78 is 0. The summed E-state index contributed by atoms with van der Waals surface area (Å²) in [5, 5.41) is 23.7. The Morgan fingerprint density at radius 2 is 1.86 bits per heavy atom. The second kappa shape index (κ2) is 5.71. The third-order valence-corrected chi connectivity index (χ3v) is 10.3. The van der Waals surface area contributed by atoms with Crippen LogP contribution in [0.1, 0.15) is 50.6 Å². The first-order valence-corrected chi connectivity index (χ1v) is 11.6. The Bertz CT molecular complexity index is 921. The fourth-order valence-electron chi connectivity index (χ4n) is 7.80. The number of carbonyl (C=O) groups excluding carboxylic acids is 1. The SMILES string of the molecule is C=C1C(=O)[C@@]23[C@H](O)C[C@@H]4C(C)(C)c5nc(N(C)C)sc5C[C@@]4(C)[C@@H]2CC[C@@H]1[C@H]3O. The minimum Gasteiger partial charge on any atom is -0.392 e. The zero-order valence-electron chi connectivity index (χ0n) is 18.0. The molecule has 2 bridgehead atoms. The third kappa shape index (κ3) is 2.08. The van der Waals surface area contributed by atoms with Gasteiger partial charge in [-0.3, -0.25) is 4.79 Å². The number of ketones is 1. The summed E-state index contributed by atoms with van der Waals surface area (Å²) in [7, 11) is 4.04. The van der Waals surface area contributed by atoms with E-state index in [2.05, 4.69) is 32.3 Å². The summed E-state index contributed by atoms with van der Waals surface area (Å²) in [5.74, 6) is -0.106. The van der Waals surface area contributed by atoms with Crippen LogP contribution in [0, 0.1) is 28.6 Å². The van der Waals surface area contributed by atoms with Gasteiger partial charge in [-0.15, -0.1) is 11.3 Å². The maximum atomic E-state index is 13.4. The monoisotopic (exact) mass is 416 g/mol. The first-order chi connectivity index (χ1) is 13.5. The van der Waals surface area contributed by atoms with Gasteiger partial charge in [0.25, 0.3) is 0 Å². The van der Waals surface area contributed by atoms with Crippen LogP contribution in [-0.4, -0.2) is 47.3 Å². The van der Waals surface area contributed by atoms with Gasteiger partial charge in [-0.2, -0.15) is 0 Å². The minimum absolute atomic E-state index is 0.0425. The van der Waals surface area contributed by atoms with Crippen LogP contribution < -0.4 is 4.90 Å². The molecule has 1 heterocycles. The van der Waals surface area contributed by atoms with E-state index in [1.807, 2.05) is 14.1 Å². The van der Waals surface area contributed by atoms with Crippen LogP contribution in [0.3, 0.4) is 0 Å². The summed E-state index contributed by atoms with van der Waals surface area (Å²) in [6.07, 6.45) is 1.39. The molecule has 1 spiro atoms. The molecule has 0 unspecified atom stereocenters. The number of hydrogen-bond donors (Lipinski definition) is 2. The molecular formula is C23H32N2O3S. The van der Waals surface area contributed by atoms with Gasteiger partial charge in [0, 0.05) is 30.3 Å². The van der Waals surface area contributed by atoms with Crippen LogP contribution in [0.2, 0.25) is 0 Å². The highest BCUT2D eigenvalue weighted by atomic mass is 32.1. The van der Waals surface area contributed by atoms with Gasteiger partial charge in [-0.1, -0.05) is 27.4 Å². The molecule has 2 N–H and O–H groups in total. The number of rotatable bonds is 1. The number of Topliss-reactive ketones (excluding diaryl/α,β-unsaturated/α-hetero) is 1. The standard InChI is InChI=1S/C23H32N2O3S/c1-11-12-7-8-14-22(4)10-13-17(24-20(29-13)25(5)6)21(2,3)15(22)9-16(26)23(14,18(11)27)19(12)28/h12,14-16,19,26,28H,1,7-10H2,2-6H3/t12-,14-,15+,16+,19+,22-,23-/m0/s1. The average Bonchev–Trinajstić information content (AvgIpc) is 3.10. The number of thiazole rings is 1. The predicted molar refractivity (Wildman–Crippen MR) is 114 cm³/mol. The third-order valence-electron chi connectivity index (χ3n) is 9.04. The van der Waals surface area contributed by atoms with E-state index in [1.54, 1.807) is 11.3 Å². The van der Waals surface area contributed by atoms with Crippen molar-refractivity contribution >= 4 is 22.3 Å². The molecule has 1 aromatic rings. The molecule has 3 saturated carbocycles. The molecule has 4 aliphatic carbocycles. The van der Waals surface area contributed by atoms with Crippen LogP contribution in [0.5, 0.6) is 0 Å². The van der Waals surface area contributed by atoms with Crippen LogP contribution >= 0.6 is 11.3 Å². The Labute approximate surface area is 176 Å². The van der Waals surface area contributed by atoms with E-state index in [-0.39, 0.29) is 34.4 Å². The molecule has 7 atom stereocenters. The van der Waals surface area contributed by atoms with Crippen molar-refractivity contribution in [3.8, 4) is 0 Å². The molecule has 0 saturated heterocycles. The van der Waals surface area contributed by atoms with Crippen LogP contribution in [0.4, 0.5) is 5.13 Å². The fraction of sp³-hybridized carbons (Fsp3) is 0.739. The highest BCUT2D eigenvalue weighted by Gasteiger charge is 2.74. The summed E-state index contributed by atoms with van der Waals surface area (Å²) in [6, 6.07) is 0. The number of aromatic nitrogens is 1. The number of aliphatic hydroxyl groups excluding tert-OH is 2. The van der Waals surface area contributed by atoms with Crippen molar-refractivity contribution in [2.75, 3.05) is 19.0 Å². The Morgan fingerprint density at radius 1 is 1.17 bits per heavy atom. The van der Waals surface area contributed by atoms with Crippen molar-refractivity contribution in [1.29, 1.82) is 0 Å². The largest absolute Gasteiger partial charge is 0.392 e. The molecule has 4 aliphatic rings. The lowest BCUT2D eigenvalue weighted by Crippen LogP contribution is -2.68. The molecule has 5 rings (SSSR count). The Kier molecular flexibility index (Phi) is 3.88. The number of aliphatic hydroxyl groups is 2. The van der Waals surface area contributed by atoms with E-state index in [0.29, 0.717) is 12.0 Å². The highest BCUT2D eigenvalue weighted by molar-refractivity contribution is 7.15. The summed E-state index contributed by atoms with van der Waals surface area (Å²) >= 11 is 1.75. The first-order valence-electron chi connectivity index (χ1n) is 10.7. The molecule has 0 radical (unpaired) electrons. The molecule has 3 fully saturated rings. The molecule has 0 aromatic carbocycles. The van der Waals surface area contributed by atoms with Crippen LogP contribution in [0.25, 0.3) is 0 Å². The molecule has 5 nitrogen and oxygen atoms in total. The van der Waals surface area contributed by atoms with Crippen molar-refractivity contribution in [2.24, 2.45) is 28.6 Å². The zero-order valence-corrected chi connectivity index (χ0v) is 18.8. The van der Waals surface area contributed by atoms with Crippen molar-refractivity contribution in [3.63, 3.8) is 0 Å². The van der Waals surface area contributed by atoms with Crippen molar-refractivity contribution < 1.29 is 15.0 Å². The van der Waals surface area contributed by atoms with E-state index in [0.717, 1.165) is 30.1 Å². The number of nitrogens with zero attached hydrogens (tertiary/aromatic N) is 2. The maximum absolute atomic E-state index is 13.4. The van der Waals surface area contributed by atoms with E-state index < -0.39 is 17.6 Å². The maximum Gasteiger partial charge on any atom is 0.185 e. The zero-order chi connectivity index (χ0) is 21.1. The van der Waals surface area contributed by atoms with Gasteiger partial charge in [0.2, 0.25) is 0 Å². The second-order valence-electron chi connectivity index (χ2n) is 10.8. The number of carbonyl (C=O) groups is 1. The van der Waals surface area contributed by atoms with E-state index in [9.17, 15) is 15.0 Å². The summed E-state index contributed by atoms with van der Waals surface area (Å²) in [5.41, 5.74) is 0.236. The van der Waals surface area contributed by atoms with Gasteiger partial charge in [0.05, 0.1) is 23.3 Å². The van der Waals surface area contributed by atoms with Crippen LogP contribution in [0.15, 0.2) is 12.2 Å². The lowest BCUT2D eigenvalue weighted by Gasteiger charge is -2.64. The van der Waals surface area contributed by atoms with Crippen molar-refractivity contribution in [2.45, 2.75) is 64.1 Å². The first kappa shape index (κ1) is 19.7. The molecule has 158 valence electrons. The molecule has 0 amide bonds. The van der Waals surface area contributed by atoms with Gasteiger partial charge in [0.15, 0.2) is 10.9 Å². The van der Waals surface area contributed by atoms with Gasteiger partial charge >= 0.3 is 0 Å². The molecule has 29 heavy (non-hydrogen) atoms. The van der Waals surface area contributed by atoms with Gasteiger partial charge in [0.1, 0.15) is 0 Å². The molecular weight excluding hydrogens is 384 g/mol. The van der Waals surface area contributed by atoms with E-state index in [1.165, 1.54) is 4.88 Å². The highest BCUT2D eigenvalue weighted by Crippen LogP contribution is 2.70. The van der Waals surface area contributed by atoms with Gasteiger partial charge in [-0.05, 0) is 48.5 Å². The van der Waals surface area contributed by atoms with Crippen molar-refractivity contribution in [3.05, 3.63) is 22.7 Å². The van der Waals surface area contributed by atoms with E-state index in [4.69, 9.17) is 4.98 Å². The topological polar surface area (TPSA) is 73.7 Å². The second-order valence-corrected chi connectivity index (χ2v) is 11.9. The van der Waals surface area contributed by atoms with Crippen LogP contribution in [-0.2, 0) is 16.6 Å². The molecule has 6 heteroatoms. The summed E-state index contributed by atoms with van der Waals surface area (Å²) in [4.78, 5) is 21.8. The molecule has 1 aromatic heterocycles.